The van der Waals surface area contributed by atoms with Gasteiger partial charge in [-0.1, -0.05) is 63.2 Å². The number of benzene rings is 3. The van der Waals surface area contributed by atoms with Crippen LogP contribution in [0, 0.1) is 11.8 Å². The minimum Gasteiger partial charge on any atom is -0.488 e. The number of Topliss-reactive ketones (excluding diaryl/α,β-unsaturated/α-hetero) is 1. The van der Waals surface area contributed by atoms with Gasteiger partial charge in [0.1, 0.15) is 18.0 Å². The van der Waals surface area contributed by atoms with Gasteiger partial charge in [-0.2, -0.15) is 0 Å². The zero-order valence-corrected chi connectivity index (χ0v) is 19.2. The molecule has 0 spiro atoms. The van der Waals surface area contributed by atoms with Crippen molar-refractivity contribution in [2.75, 3.05) is 0 Å². The van der Waals surface area contributed by atoms with Crippen LogP contribution < -0.4 is 4.74 Å². The molecule has 0 saturated heterocycles. The van der Waals surface area contributed by atoms with Crippen molar-refractivity contribution < 1.29 is 24.5 Å². The van der Waals surface area contributed by atoms with E-state index in [1.54, 1.807) is 12.1 Å². The lowest BCUT2D eigenvalue weighted by molar-refractivity contribution is -0.183. The van der Waals surface area contributed by atoms with Crippen LogP contribution in [0.4, 0.5) is 0 Å². The zero-order chi connectivity index (χ0) is 23.8. The standard InChI is InChI=1S/C28H30O5/c1-18(2)12-13-27(31)24-15-22-21(14-23(24)26(30)19(3)28(27,32)17-29)10-7-11-25(22)33-16-20-8-5-4-6-9-20/h4-11,14-15,17-19,31-32H,12-13,16H2,1-3H3/t19-,27+,28+/m0/s1. The maximum Gasteiger partial charge on any atom is 0.169 e. The molecule has 172 valence electrons. The highest BCUT2D eigenvalue weighted by molar-refractivity contribution is 6.07. The van der Waals surface area contributed by atoms with Gasteiger partial charge in [-0.25, -0.2) is 0 Å². The molecule has 1 aliphatic carbocycles. The number of carbonyl (C=O) groups excluding carboxylic acids is 2. The highest BCUT2D eigenvalue weighted by Gasteiger charge is 2.60. The number of fused-ring (bicyclic) bond motifs is 2. The largest absolute Gasteiger partial charge is 0.488 e. The molecule has 0 heterocycles. The number of aliphatic hydroxyl groups is 2. The van der Waals surface area contributed by atoms with E-state index < -0.39 is 17.1 Å². The van der Waals surface area contributed by atoms with Gasteiger partial charge in [-0.15, -0.1) is 0 Å². The van der Waals surface area contributed by atoms with Crippen molar-refractivity contribution in [3.63, 3.8) is 0 Å². The first kappa shape index (κ1) is 23.1. The number of rotatable bonds is 7. The quantitative estimate of drug-likeness (QED) is 0.509. The number of hydrogen-bond acceptors (Lipinski definition) is 5. The highest BCUT2D eigenvalue weighted by atomic mass is 16.5. The predicted molar refractivity (Wildman–Crippen MR) is 127 cm³/mol. The van der Waals surface area contributed by atoms with E-state index in [-0.39, 0.29) is 23.7 Å². The number of ether oxygens (including phenoxy) is 1. The molecule has 0 bridgehead atoms. The molecule has 0 aromatic heterocycles. The molecule has 3 atom stereocenters. The fraction of sp³-hybridized carbons (Fsp3) is 0.357. The van der Waals surface area contributed by atoms with Gasteiger partial charge in [-0.05, 0) is 53.5 Å². The Morgan fingerprint density at radius 2 is 1.79 bits per heavy atom. The predicted octanol–water partition coefficient (Wildman–Crippen LogP) is 4.81. The third-order valence-electron chi connectivity index (χ3n) is 6.91. The molecule has 1 aliphatic rings. The second-order valence-corrected chi connectivity index (χ2v) is 9.47. The molecule has 5 nitrogen and oxygen atoms in total. The summed E-state index contributed by atoms with van der Waals surface area (Å²) in [6, 6.07) is 18.8. The van der Waals surface area contributed by atoms with E-state index in [1.807, 2.05) is 62.4 Å². The Bertz CT molecular complexity index is 1190. The Hall–Kier alpha value is -3.02. The third kappa shape index (κ3) is 3.85. The normalized spacial score (nSPS) is 24.7. The van der Waals surface area contributed by atoms with Crippen LogP contribution in [0.15, 0.2) is 60.7 Å². The monoisotopic (exact) mass is 446 g/mol. The maximum absolute atomic E-state index is 13.2. The highest BCUT2D eigenvalue weighted by Crippen LogP contribution is 2.49. The van der Waals surface area contributed by atoms with Crippen molar-refractivity contribution in [1.82, 2.24) is 0 Å². The fourth-order valence-corrected chi connectivity index (χ4v) is 4.74. The van der Waals surface area contributed by atoms with Crippen LogP contribution >= 0.6 is 0 Å². The van der Waals surface area contributed by atoms with Crippen LogP contribution in [-0.2, 0) is 17.0 Å². The molecular weight excluding hydrogens is 416 g/mol. The van der Waals surface area contributed by atoms with Crippen molar-refractivity contribution in [3.8, 4) is 5.75 Å². The Morgan fingerprint density at radius 1 is 1.06 bits per heavy atom. The summed E-state index contributed by atoms with van der Waals surface area (Å²) in [7, 11) is 0. The molecule has 0 aliphatic heterocycles. The molecule has 0 unspecified atom stereocenters. The van der Waals surface area contributed by atoms with Crippen LogP contribution in [-0.4, -0.2) is 27.9 Å². The van der Waals surface area contributed by atoms with Gasteiger partial charge in [-0.3, -0.25) is 9.59 Å². The Morgan fingerprint density at radius 3 is 2.45 bits per heavy atom. The Kier molecular flexibility index (Phi) is 6.12. The van der Waals surface area contributed by atoms with Crippen molar-refractivity contribution >= 4 is 22.8 Å². The van der Waals surface area contributed by atoms with E-state index in [1.165, 1.54) is 6.92 Å². The summed E-state index contributed by atoms with van der Waals surface area (Å²) < 4.78 is 6.09. The van der Waals surface area contributed by atoms with Crippen LogP contribution in [0.25, 0.3) is 10.8 Å². The summed E-state index contributed by atoms with van der Waals surface area (Å²) in [5, 5.41) is 24.7. The molecule has 0 saturated carbocycles. The first-order chi connectivity index (χ1) is 15.7. The third-order valence-corrected chi connectivity index (χ3v) is 6.91. The van der Waals surface area contributed by atoms with Crippen molar-refractivity contribution in [2.45, 2.75) is 51.4 Å². The lowest BCUT2D eigenvalue weighted by Gasteiger charge is -2.48. The summed E-state index contributed by atoms with van der Waals surface area (Å²) in [6.07, 6.45) is 1.07. The summed E-state index contributed by atoms with van der Waals surface area (Å²) >= 11 is 0. The van der Waals surface area contributed by atoms with Gasteiger partial charge in [0.15, 0.2) is 17.7 Å². The number of carbonyl (C=O) groups is 2. The molecule has 0 amide bonds. The molecule has 33 heavy (non-hydrogen) atoms. The molecular formula is C28H30O5. The lowest BCUT2D eigenvalue weighted by Crippen LogP contribution is -2.62. The van der Waals surface area contributed by atoms with Gasteiger partial charge in [0, 0.05) is 10.9 Å². The van der Waals surface area contributed by atoms with Crippen LogP contribution in [0.5, 0.6) is 5.75 Å². The van der Waals surface area contributed by atoms with Gasteiger partial charge < -0.3 is 14.9 Å². The van der Waals surface area contributed by atoms with E-state index in [0.717, 1.165) is 10.9 Å². The summed E-state index contributed by atoms with van der Waals surface area (Å²) in [6.45, 7) is 5.89. The minimum absolute atomic E-state index is 0.156. The topological polar surface area (TPSA) is 83.8 Å². The molecule has 0 fully saturated rings. The smallest absolute Gasteiger partial charge is 0.169 e. The maximum atomic E-state index is 13.2. The van der Waals surface area contributed by atoms with E-state index in [4.69, 9.17) is 4.74 Å². The van der Waals surface area contributed by atoms with Crippen LogP contribution in [0.1, 0.15) is 55.1 Å². The fourth-order valence-electron chi connectivity index (χ4n) is 4.74. The SMILES string of the molecule is CC(C)CC[C@@]1(O)c2cc3c(OCc4ccccc4)cccc3cc2C(=O)[C@H](C)[C@]1(O)C=O. The van der Waals surface area contributed by atoms with Crippen molar-refractivity contribution in [2.24, 2.45) is 11.8 Å². The van der Waals surface area contributed by atoms with Gasteiger partial charge >= 0.3 is 0 Å². The van der Waals surface area contributed by atoms with Gasteiger partial charge in [0.2, 0.25) is 0 Å². The molecule has 3 aromatic rings. The van der Waals surface area contributed by atoms with Crippen molar-refractivity contribution in [3.05, 3.63) is 77.4 Å². The average Bonchev–Trinajstić information content (AvgIpc) is 2.83. The second kappa shape index (κ2) is 8.73. The zero-order valence-electron chi connectivity index (χ0n) is 19.2. The molecule has 5 heteroatoms. The Labute approximate surface area is 194 Å². The minimum atomic E-state index is -2.21. The number of ketones is 1. The number of hydrogen-bond donors (Lipinski definition) is 2. The summed E-state index contributed by atoms with van der Waals surface area (Å²) in [5.74, 6) is -0.571. The van der Waals surface area contributed by atoms with E-state index in [9.17, 15) is 19.8 Å². The summed E-state index contributed by atoms with van der Waals surface area (Å²) in [4.78, 5) is 25.3. The molecule has 0 radical (unpaired) electrons. The second-order valence-electron chi connectivity index (χ2n) is 9.47. The van der Waals surface area contributed by atoms with Gasteiger partial charge in [0.05, 0.1) is 5.92 Å². The van der Waals surface area contributed by atoms with E-state index in [2.05, 4.69) is 0 Å². The van der Waals surface area contributed by atoms with Gasteiger partial charge in [0.25, 0.3) is 0 Å². The molecule has 2 N–H and O–H groups in total. The van der Waals surface area contributed by atoms with Crippen LogP contribution in [0.3, 0.4) is 0 Å². The number of aldehydes is 1. The lowest BCUT2D eigenvalue weighted by atomic mass is 9.61. The first-order valence-electron chi connectivity index (χ1n) is 11.4. The molecule has 4 rings (SSSR count). The first-order valence-corrected chi connectivity index (χ1v) is 11.4. The van der Waals surface area contributed by atoms with E-state index in [0.29, 0.717) is 36.0 Å². The average molecular weight is 447 g/mol. The molecule has 3 aromatic carbocycles. The van der Waals surface area contributed by atoms with E-state index >= 15 is 0 Å². The van der Waals surface area contributed by atoms with Crippen molar-refractivity contribution in [1.29, 1.82) is 0 Å². The Balaban J connectivity index is 1.86. The summed E-state index contributed by atoms with van der Waals surface area (Å²) in [5.41, 5.74) is -2.46. The van der Waals surface area contributed by atoms with Crippen LogP contribution in [0.2, 0.25) is 0 Å².